The number of nitrogens with one attached hydrogen (secondary N) is 1. The molecule has 136 valence electrons. The van der Waals surface area contributed by atoms with Crippen LogP contribution in [0.4, 0.5) is 4.79 Å². The molecule has 2 heterocycles. The zero-order chi connectivity index (χ0) is 17.5. The van der Waals surface area contributed by atoms with Gasteiger partial charge in [-0.1, -0.05) is 0 Å². The van der Waals surface area contributed by atoms with Gasteiger partial charge in [-0.15, -0.1) is 4.28 Å². The first-order chi connectivity index (χ1) is 11.3. The highest BCUT2D eigenvalue weighted by atomic mass is 32.3. The second kappa shape index (κ2) is 6.47. The van der Waals surface area contributed by atoms with Crippen LogP contribution in [0.25, 0.3) is 0 Å². The number of fused-ring (bicyclic) bond motifs is 2. The Labute approximate surface area is 140 Å². The fourth-order valence-electron chi connectivity index (χ4n) is 3.77. The van der Waals surface area contributed by atoms with E-state index in [4.69, 9.17) is 10.3 Å². The van der Waals surface area contributed by atoms with Gasteiger partial charge in [0.05, 0.1) is 18.1 Å². The van der Waals surface area contributed by atoms with Gasteiger partial charge in [-0.05, 0) is 39.2 Å². The summed E-state index contributed by atoms with van der Waals surface area (Å²) in [5.74, 6) is 0.400. The lowest BCUT2D eigenvalue weighted by molar-refractivity contribution is -0.0316. The number of aliphatic imine (C=N–C) groups is 1. The number of amidine groups is 1. The Morgan fingerprint density at radius 1 is 1.38 bits per heavy atom. The van der Waals surface area contributed by atoms with E-state index in [9.17, 15) is 13.2 Å². The summed E-state index contributed by atoms with van der Waals surface area (Å²) < 4.78 is 35.0. The molecule has 1 saturated carbocycles. The van der Waals surface area contributed by atoms with Crippen LogP contribution in [-0.4, -0.2) is 72.6 Å². The number of piperidine rings is 1. The van der Waals surface area contributed by atoms with Crippen molar-refractivity contribution in [1.82, 2.24) is 15.3 Å². The SMILES string of the molecule is CNC1CCC(N=C(N)[C@@H]2CC[C@@H]3CN2C(=O)N3OS(=O)(=O)O)C1. The van der Waals surface area contributed by atoms with Gasteiger partial charge in [0.2, 0.25) is 0 Å². The average Bonchev–Trinajstić information content (AvgIpc) is 3.05. The molecule has 1 aliphatic carbocycles. The Morgan fingerprint density at radius 3 is 2.75 bits per heavy atom. The zero-order valence-corrected chi connectivity index (χ0v) is 14.3. The van der Waals surface area contributed by atoms with E-state index in [-0.39, 0.29) is 12.1 Å². The minimum absolute atomic E-state index is 0.142. The van der Waals surface area contributed by atoms with E-state index >= 15 is 0 Å². The van der Waals surface area contributed by atoms with Crippen molar-refractivity contribution in [2.24, 2.45) is 10.7 Å². The second-order valence-corrected chi connectivity index (χ2v) is 7.52. The minimum atomic E-state index is -4.73. The van der Waals surface area contributed by atoms with Crippen molar-refractivity contribution in [3.8, 4) is 0 Å². The first kappa shape index (κ1) is 17.4. The number of nitrogens with two attached hydrogens (primary N) is 1. The van der Waals surface area contributed by atoms with Gasteiger partial charge in [0.15, 0.2) is 0 Å². The summed E-state index contributed by atoms with van der Waals surface area (Å²) in [4.78, 5) is 18.4. The molecule has 0 aromatic carbocycles. The van der Waals surface area contributed by atoms with E-state index in [1.54, 1.807) is 0 Å². The summed E-state index contributed by atoms with van der Waals surface area (Å²) in [6, 6.07) is -0.809. The van der Waals surface area contributed by atoms with Gasteiger partial charge in [-0.25, -0.2) is 4.79 Å². The quantitative estimate of drug-likeness (QED) is 0.340. The molecule has 2 saturated heterocycles. The number of amides is 2. The fraction of sp³-hybridized carbons (Fsp3) is 0.846. The predicted octanol–water partition coefficient (Wildman–Crippen LogP) is -0.513. The van der Waals surface area contributed by atoms with Crippen LogP contribution in [0.3, 0.4) is 0 Å². The third-order valence-electron chi connectivity index (χ3n) is 4.98. The molecule has 3 rings (SSSR count). The maximum Gasteiger partial charge on any atom is 0.418 e. The van der Waals surface area contributed by atoms with E-state index in [2.05, 4.69) is 14.6 Å². The highest BCUT2D eigenvalue weighted by Gasteiger charge is 2.48. The van der Waals surface area contributed by atoms with Crippen LogP contribution >= 0.6 is 0 Å². The molecule has 3 aliphatic rings. The lowest BCUT2D eigenvalue weighted by Crippen LogP contribution is -2.48. The van der Waals surface area contributed by atoms with Gasteiger partial charge in [0.25, 0.3) is 0 Å². The molecule has 2 aliphatic heterocycles. The first-order valence-electron chi connectivity index (χ1n) is 8.05. The molecule has 0 aromatic rings. The molecule has 2 amide bonds. The number of nitrogens with zero attached hydrogens (tertiary/aromatic N) is 3. The minimum Gasteiger partial charge on any atom is -0.386 e. The van der Waals surface area contributed by atoms with Crippen LogP contribution in [0.2, 0.25) is 0 Å². The summed E-state index contributed by atoms with van der Waals surface area (Å²) in [6.45, 7) is 0.305. The highest BCUT2D eigenvalue weighted by Crippen LogP contribution is 2.31. The molecule has 4 N–H and O–H groups in total. The second-order valence-electron chi connectivity index (χ2n) is 6.52. The summed E-state index contributed by atoms with van der Waals surface area (Å²) in [5, 5.41) is 3.95. The standard InChI is InChI=1S/C13H23N5O5S/c1-15-8-2-3-9(6-8)16-12(14)11-5-4-10-7-17(11)13(19)18(10)23-24(20,21)22/h8-11,15H,2-7H2,1H3,(H2,14,16)(H,20,21,22)/t8?,9?,10-,11+/m1/s1. The highest BCUT2D eigenvalue weighted by molar-refractivity contribution is 7.80. The van der Waals surface area contributed by atoms with Crippen molar-refractivity contribution in [3.05, 3.63) is 0 Å². The molecule has 4 atom stereocenters. The van der Waals surface area contributed by atoms with Crippen LogP contribution in [-0.2, 0) is 14.7 Å². The third kappa shape index (κ3) is 3.48. The lowest BCUT2D eigenvalue weighted by atomic mass is 10.00. The fourth-order valence-corrected chi connectivity index (χ4v) is 4.16. The van der Waals surface area contributed by atoms with E-state index in [0.717, 1.165) is 24.3 Å². The smallest absolute Gasteiger partial charge is 0.386 e. The van der Waals surface area contributed by atoms with E-state index in [1.807, 2.05) is 7.05 Å². The maximum atomic E-state index is 12.3. The molecule has 10 nitrogen and oxygen atoms in total. The van der Waals surface area contributed by atoms with Crippen molar-refractivity contribution < 1.29 is 22.0 Å². The van der Waals surface area contributed by atoms with Crippen molar-refractivity contribution >= 4 is 22.3 Å². The third-order valence-corrected chi connectivity index (χ3v) is 5.33. The van der Waals surface area contributed by atoms with E-state index in [1.165, 1.54) is 4.90 Å². The number of hydroxylamine groups is 2. The van der Waals surface area contributed by atoms with Crippen LogP contribution in [0, 0.1) is 0 Å². The number of carbonyl (C=O) groups is 1. The summed E-state index contributed by atoms with van der Waals surface area (Å²) in [7, 11) is -2.81. The monoisotopic (exact) mass is 361 g/mol. The zero-order valence-electron chi connectivity index (χ0n) is 13.5. The van der Waals surface area contributed by atoms with Gasteiger partial charge >= 0.3 is 16.4 Å². The van der Waals surface area contributed by atoms with Crippen LogP contribution in [0.15, 0.2) is 4.99 Å². The number of urea groups is 1. The van der Waals surface area contributed by atoms with E-state index < -0.39 is 22.5 Å². The molecule has 0 aromatic heterocycles. The first-order valence-corrected chi connectivity index (χ1v) is 9.42. The Balaban J connectivity index is 1.69. The molecule has 11 heteroatoms. The lowest BCUT2D eigenvalue weighted by Gasteiger charge is -2.30. The molecule has 0 radical (unpaired) electrons. The van der Waals surface area contributed by atoms with Gasteiger partial charge in [0, 0.05) is 12.6 Å². The van der Waals surface area contributed by atoms with Gasteiger partial charge in [-0.3, -0.25) is 9.55 Å². The Morgan fingerprint density at radius 2 is 2.12 bits per heavy atom. The normalized spacial score (nSPS) is 34.2. The predicted molar refractivity (Wildman–Crippen MR) is 85.5 cm³/mol. The molecule has 0 spiro atoms. The Hall–Kier alpha value is -1.43. The van der Waals surface area contributed by atoms with Gasteiger partial charge < -0.3 is 16.0 Å². The Bertz CT molecular complexity index is 639. The number of hydrogen-bond donors (Lipinski definition) is 3. The topological polar surface area (TPSA) is 138 Å². The molecule has 2 bridgehead atoms. The Kier molecular flexibility index (Phi) is 4.69. The number of rotatable bonds is 5. The summed E-state index contributed by atoms with van der Waals surface area (Å²) in [6.07, 6.45) is 4.02. The number of hydrogen-bond acceptors (Lipinski definition) is 6. The van der Waals surface area contributed by atoms with Crippen LogP contribution < -0.4 is 11.1 Å². The van der Waals surface area contributed by atoms with Gasteiger partial charge in [-0.2, -0.15) is 13.5 Å². The van der Waals surface area contributed by atoms with Crippen molar-refractivity contribution in [3.63, 3.8) is 0 Å². The van der Waals surface area contributed by atoms with Crippen LogP contribution in [0.5, 0.6) is 0 Å². The largest absolute Gasteiger partial charge is 0.418 e. The van der Waals surface area contributed by atoms with Crippen LogP contribution in [0.1, 0.15) is 32.1 Å². The molecule has 3 fully saturated rings. The molecular weight excluding hydrogens is 338 g/mol. The molecular formula is C13H23N5O5S. The maximum absolute atomic E-state index is 12.3. The number of carbonyl (C=O) groups excluding carboxylic acids is 1. The van der Waals surface area contributed by atoms with Crippen molar-refractivity contribution in [2.75, 3.05) is 13.6 Å². The summed E-state index contributed by atoms with van der Waals surface area (Å²) in [5.41, 5.74) is 6.14. The molecule has 24 heavy (non-hydrogen) atoms. The summed E-state index contributed by atoms with van der Waals surface area (Å²) >= 11 is 0. The van der Waals surface area contributed by atoms with E-state index in [0.29, 0.717) is 31.3 Å². The van der Waals surface area contributed by atoms with Crippen molar-refractivity contribution in [2.45, 2.75) is 56.3 Å². The van der Waals surface area contributed by atoms with Gasteiger partial charge in [0.1, 0.15) is 5.84 Å². The molecule has 2 unspecified atom stereocenters. The average molecular weight is 361 g/mol. The van der Waals surface area contributed by atoms with Crippen molar-refractivity contribution in [1.29, 1.82) is 0 Å².